The molecule has 0 aromatic heterocycles. The maximum Gasteiger partial charge on any atom is 0.226 e. The second-order valence-electron chi connectivity index (χ2n) is 4.82. The van der Waals surface area contributed by atoms with E-state index in [9.17, 15) is 14.9 Å². The molecule has 0 aromatic rings. The molecule has 4 heteroatoms. The van der Waals surface area contributed by atoms with Crippen LogP contribution in [0, 0.1) is 22.0 Å². The maximum atomic E-state index is 11.7. The zero-order chi connectivity index (χ0) is 10.9. The van der Waals surface area contributed by atoms with Crippen LogP contribution in [0.15, 0.2) is 0 Å². The fourth-order valence-electron chi connectivity index (χ4n) is 2.07. The minimum Gasteiger partial charge on any atom is -0.299 e. The summed E-state index contributed by atoms with van der Waals surface area (Å²) in [5, 5.41) is 10.8. The van der Waals surface area contributed by atoms with E-state index in [-0.39, 0.29) is 10.7 Å². The second kappa shape index (κ2) is 3.67. The van der Waals surface area contributed by atoms with Gasteiger partial charge in [-0.1, -0.05) is 6.92 Å². The molecule has 1 rings (SSSR count). The lowest BCUT2D eigenvalue weighted by molar-refractivity contribution is -0.568. The van der Waals surface area contributed by atoms with E-state index in [1.807, 2.05) is 6.92 Å². The summed E-state index contributed by atoms with van der Waals surface area (Å²) in [7, 11) is 0. The quantitative estimate of drug-likeness (QED) is 0.505. The maximum absolute atomic E-state index is 11.7. The van der Waals surface area contributed by atoms with E-state index >= 15 is 0 Å². The van der Waals surface area contributed by atoms with Gasteiger partial charge >= 0.3 is 0 Å². The van der Waals surface area contributed by atoms with Crippen LogP contribution in [0.1, 0.15) is 40.0 Å². The smallest absolute Gasteiger partial charge is 0.226 e. The van der Waals surface area contributed by atoms with Crippen molar-refractivity contribution in [2.45, 2.75) is 45.6 Å². The molecule has 0 amide bonds. The molecule has 1 fully saturated rings. The SMILES string of the molecule is C[C@@H]1CC[C@@H](C(C)(C)[N+](=O)[O-])C(=O)C1. The van der Waals surface area contributed by atoms with E-state index in [0.717, 1.165) is 6.42 Å². The highest BCUT2D eigenvalue weighted by Crippen LogP contribution is 2.34. The predicted octanol–water partition coefficient (Wildman–Crippen LogP) is 2.05. The summed E-state index contributed by atoms with van der Waals surface area (Å²) in [6.07, 6.45) is 2.09. The molecule has 0 saturated heterocycles. The zero-order valence-electron chi connectivity index (χ0n) is 8.95. The molecule has 0 spiro atoms. The van der Waals surface area contributed by atoms with Crippen LogP contribution in [0.5, 0.6) is 0 Å². The second-order valence-corrected chi connectivity index (χ2v) is 4.82. The van der Waals surface area contributed by atoms with Crippen LogP contribution in [0.25, 0.3) is 0 Å². The van der Waals surface area contributed by atoms with Crippen LogP contribution in [0.4, 0.5) is 0 Å². The first-order valence-electron chi connectivity index (χ1n) is 5.03. The van der Waals surface area contributed by atoms with Crippen LogP contribution in [-0.4, -0.2) is 16.2 Å². The van der Waals surface area contributed by atoms with Gasteiger partial charge in [-0.05, 0) is 18.8 Å². The standard InChI is InChI=1S/C10H17NO3/c1-7-4-5-8(9(12)6-7)10(2,3)11(13)14/h7-8H,4-6H2,1-3H3/t7-,8-/m1/s1. The molecule has 1 aliphatic rings. The van der Waals surface area contributed by atoms with Crippen molar-refractivity contribution < 1.29 is 9.72 Å². The Bertz CT molecular complexity index is 260. The Hall–Kier alpha value is -0.930. The van der Waals surface area contributed by atoms with Crippen molar-refractivity contribution in [2.75, 3.05) is 0 Å². The van der Waals surface area contributed by atoms with Gasteiger partial charge in [-0.3, -0.25) is 14.9 Å². The summed E-state index contributed by atoms with van der Waals surface area (Å²) in [4.78, 5) is 22.1. The molecule has 0 heterocycles. The summed E-state index contributed by atoms with van der Waals surface area (Å²) in [6.45, 7) is 5.12. The van der Waals surface area contributed by atoms with Gasteiger partial charge in [0.15, 0.2) is 0 Å². The van der Waals surface area contributed by atoms with Gasteiger partial charge in [-0.2, -0.15) is 0 Å². The largest absolute Gasteiger partial charge is 0.299 e. The van der Waals surface area contributed by atoms with Crippen molar-refractivity contribution >= 4 is 5.78 Å². The molecule has 1 saturated carbocycles. The van der Waals surface area contributed by atoms with Gasteiger partial charge < -0.3 is 0 Å². The molecule has 0 unspecified atom stereocenters. The highest BCUT2D eigenvalue weighted by Gasteiger charge is 2.46. The lowest BCUT2D eigenvalue weighted by Crippen LogP contribution is -2.45. The van der Waals surface area contributed by atoms with Crippen molar-refractivity contribution in [3.8, 4) is 0 Å². The monoisotopic (exact) mass is 199 g/mol. The molecule has 0 bridgehead atoms. The van der Waals surface area contributed by atoms with Crippen LogP contribution < -0.4 is 0 Å². The van der Waals surface area contributed by atoms with E-state index in [1.54, 1.807) is 13.8 Å². The molecule has 0 aromatic carbocycles. The molecule has 0 radical (unpaired) electrons. The summed E-state index contributed by atoms with van der Waals surface area (Å²) >= 11 is 0. The molecule has 0 aliphatic heterocycles. The van der Waals surface area contributed by atoms with E-state index in [1.165, 1.54) is 0 Å². The van der Waals surface area contributed by atoms with Crippen molar-refractivity contribution in [1.82, 2.24) is 0 Å². The Morgan fingerprint density at radius 3 is 2.43 bits per heavy atom. The highest BCUT2D eigenvalue weighted by atomic mass is 16.6. The fraction of sp³-hybridized carbons (Fsp3) is 0.900. The first-order valence-corrected chi connectivity index (χ1v) is 5.03. The molecular weight excluding hydrogens is 182 g/mol. The number of ketones is 1. The van der Waals surface area contributed by atoms with E-state index in [2.05, 4.69) is 0 Å². The minimum atomic E-state index is -1.10. The Kier molecular flexibility index (Phi) is 2.92. The molecule has 1 aliphatic carbocycles. The van der Waals surface area contributed by atoms with Crippen LogP contribution in [0.2, 0.25) is 0 Å². The highest BCUT2D eigenvalue weighted by molar-refractivity contribution is 5.82. The van der Waals surface area contributed by atoms with Crippen molar-refractivity contribution in [2.24, 2.45) is 11.8 Å². The Labute approximate surface area is 83.8 Å². The average molecular weight is 199 g/mol. The van der Waals surface area contributed by atoms with E-state index in [4.69, 9.17) is 0 Å². The third-order valence-electron chi connectivity index (χ3n) is 3.21. The number of hydrogen-bond donors (Lipinski definition) is 0. The van der Waals surface area contributed by atoms with Gasteiger partial charge in [-0.15, -0.1) is 0 Å². The number of nitrogens with zero attached hydrogens (tertiary/aromatic N) is 1. The van der Waals surface area contributed by atoms with Crippen LogP contribution >= 0.6 is 0 Å². The van der Waals surface area contributed by atoms with Crippen molar-refractivity contribution in [1.29, 1.82) is 0 Å². The van der Waals surface area contributed by atoms with Gasteiger partial charge in [0.25, 0.3) is 0 Å². The molecule has 2 atom stereocenters. The van der Waals surface area contributed by atoms with Gasteiger partial charge in [0.05, 0.1) is 5.92 Å². The van der Waals surface area contributed by atoms with Gasteiger partial charge in [0.2, 0.25) is 5.54 Å². The minimum absolute atomic E-state index is 0.0606. The van der Waals surface area contributed by atoms with Gasteiger partial charge in [-0.25, -0.2) is 0 Å². The number of hydrogen-bond acceptors (Lipinski definition) is 3. The van der Waals surface area contributed by atoms with Crippen molar-refractivity contribution in [3.05, 3.63) is 10.1 Å². The summed E-state index contributed by atoms with van der Waals surface area (Å²) < 4.78 is 0. The molecular formula is C10H17NO3. The Balaban J connectivity index is 2.79. The fourth-order valence-corrected chi connectivity index (χ4v) is 2.07. The van der Waals surface area contributed by atoms with Gasteiger partial charge in [0, 0.05) is 25.2 Å². The van der Waals surface area contributed by atoms with E-state index < -0.39 is 11.5 Å². The molecule has 80 valence electrons. The number of rotatable bonds is 2. The normalized spacial score (nSPS) is 28.9. The van der Waals surface area contributed by atoms with Crippen molar-refractivity contribution in [3.63, 3.8) is 0 Å². The Morgan fingerprint density at radius 1 is 1.43 bits per heavy atom. The first-order chi connectivity index (χ1) is 6.35. The van der Waals surface area contributed by atoms with Gasteiger partial charge in [0.1, 0.15) is 5.78 Å². The van der Waals surface area contributed by atoms with Crippen LogP contribution in [-0.2, 0) is 4.79 Å². The van der Waals surface area contributed by atoms with Crippen LogP contribution in [0.3, 0.4) is 0 Å². The third-order valence-corrected chi connectivity index (χ3v) is 3.21. The first kappa shape index (κ1) is 11.1. The summed E-state index contributed by atoms with van der Waals surface area (Å²) in [6, 6.07) is 0. The summed E-state index contributed by atoms with van der Waals surface area (Å²) in [5.74, 6) is 0.0560. The van der Waals surface area contributed by atoms with E-state index in [0.29, 0.717) is 18.8 Å². The molecule has 0 N–H and O–H groups in total. The predicted molar refractivity (Wildman–Crippen MR) is 52.6 cm³/mol. The number of carbonyl (C=O) groups excluding carboxylic acids is 1. The number of nitro groups is 1. The Morgan fingerprint density at radius 2 is 2.00 bits per heavy atom. The topological polar surface area (TPSA) is 60.2 Å². The third kappa shape index (κ3) is 1.94. The summed E-state index contributed by atoms with van der Waals surface area (Å²) in [5.41, 5.74) is -1.10. The zero-order valence-corrected chi connectivity index (χ0v) is 8.95. The lowest BCUT2D eigenvalue weighted by Gasteiger charge is -2.31. The number of carbonyl (C=O) groups is 1. The lowest BCUT2D eigenvalue weighted by atomic mass is 9.73. The molecule has 14 heavy (non-hydrogen) atoms. The molecule has 4 nitrogen and oxygen atoms in total. The average Bonchev–Trinajstić information content (AvgIpc) is 2.02. The number of Topliss-reactive ketones (excluding diaryl/α,β-unsaturated/α-hetero) is 1.